The maximum Gasteiger partial charge on any atom is 0.251 e. The first-order chi connectivity index (χ1) is 8.65. The maximum absolute atomic E-state index is 13.1. The highest BCUT2D eigenvalue weighted by Crippen LogP contribution is 2.15. The van der Waals surface area contributed by atoms with E-state index in [-0.39, 0.29) is 16.5 Å². The highest BCUT2D eigenvalue weighted by Gasteiger charge is 2.07. The molecule has 18 heavy (non-hydrogen) atoms. The molecule has 0 fully saturated rings. The van der Waals surface area contributed by atoms with Crippen LogP contribution in [-0.4, -0.2) is 31.0 Å². The van der Waals surface area contributed by atoms with E-state index < -0.39 is 5.82 Å². The summed E-state index contributed by atoms with van der Waals surface area (Å²) in [5.74, 6) is -0.906. The molecular weight excluding hydrogens is 324 g/mol. The van der Waals surface area contributed by atoms with Crippen LogP contribution in [0.15, 0.2) is 18.2 Å². The second-order valence-electron chi connectivity index (χ2n) is 3.54. The summed E-state index contributed by atoms with van der Waals surface area (Å²) in [4.78, 5) is 11.6. The molecule has 0 unspecified atom stereocenters. The van der Waals surface area contributed by atoms with Crippen molar-refractivity contribution in [1.29, 1.82) is 0 Å². The number of carbonyl (C=O) groups is 1. The Bertz CT molecular complexity index is 404. The van der Waals surface area contributed by atoms with E-state index in [0.717, 1.165) is 17.8 Å². The number of carbonyl (C=O) groups excluding carboxylic acids is 1. The van der Waals surface area contributed by atoms with E-state index in [1.54, 1.807) is 0 Å². The van der Waals surface area contributed by atoms with E-state index >= 15 is 0 Å². The molecule has 1 amide bonds. The van der Waals surface area contributed by atoms with Gasteiger partial charge < -0.3 is 10.1 Å². The lowest BCUT2D eigenvalue weighted by Gasteiger charge is -2.06. The number of rotatable bonds is 7. The van der Waals surface area contributed by atoms with Gasteiger partial charge in [-0.05, 0) is 24.6 Å². The fraction of sp³-hybridized carbons (Fsp3) is 0.417. The van der Waals surface area contributed by atoms with Crippen molar-refractivity contribution in [2.45, 2.75) is 6.42 Å². The van der Waals surface area contributed by atoms with Gasteiger partial charge in [0, 0.05) is 24.0 Å². The molecule has 0 saturated carbocycles. The Hall–Kier alpha value is -0.650. The molecule has 3 nitrogen and oxygen atoms in total. The largest absolute Gasteiger partial charge is 0.381 e. The molecule has 100 valence electrons. The normalized spacial score (nSPS) is 10.4. The van der Waals surface area contributed by atoms with Gasteiger partial charge in [-0.2, -0.15) is 0 Å². The van der Waals surface area contributed by atoms with Gasteiger partial charge in [0.15, 0.2) is 0 Å². The summed E-state index contributed by atoms with van der Waals surface area (Å²) in [5.41, 5.74) is 0.262. The minimum Gasteiger partial charge on any atom is -0.381 e. The number of halogens is 3. The van der Waals surface area contributed by atoms with Gasteiger partial charge in [0.2, 0.25) is 0 Å². The number of amides is 1. The third-order valence-corrected chi connectivity index (χ3v) is 2.78. The smallest absolute Gasteiger partial charge is 0.251 e. The molecule has 0 aliphatic heterocycles. The first-order valence-corrected chi connectivity index (χ1v) is 7.02. The third kappa shape index (κ3) is 5.33. The number of hydrogen-bond donors (Lipinski definition) is 1. The van der Waals surface area contributed by atoms with Gasteiger partial charge in [0.05, 0.1) is 11.6 Å². The Morgan fingerprint density at radius 2 is 2.22 bits per heavy atom. The van der Waals surface area contributed by atoms with E-state index in [1.807, 2.05) is 0 Å². The average Bonchev–Trinajstić information content (AvgIpc) is 2.36. The predicted molar refractivity (Wildman–Crippen MR) is 73.0 cm³/mol. The molecular formula is C12H14BrClFNO2. The molecule has 1 aromatic rings. The number of hydrogen-bond acceptors (Lipinski definition) is 2. The highest BCUT2D eigenvalue weighted by atomic mass is 79.9. The third-order valence-electron chi connectivity index (χ3n) is 2.15. The van der Waals surface area contributed by atoms with Gasteiger partial charge in [-0.25, -0.2) is 4.39 Å². The van der Waals surface area contributed by atoms with Crippen LogP contribution in [0.25, 0.3) is 0 Å². The van der Waals surface area contributed by atoms with Crippen molar-refractivity contribution in [3.63, 3.8) is 0 Å². The van der Waals surface area contributed by atoms with Gasteiger partial charge >= 0.3 is 0 Å². The quantitative estimate of drug-likeness (QED) is 0.613. The van der Waals surface area contributed by atoms with E-state index in [2.05, 4.69) is 21.2 Å². The topological polar surface area (TPSA) is 38.3 Å². The lowest BCUT2D eigenvalue weighted by molar-refractivity contribution is 0.0944. The van der Waals surface area contributed by atoms with Gasteiger partial charge in [0.25, 0.3) is 5.91 Å². The molecule has 0 spiro atoms. The molecule has 0 aliphatic rings. The van der Waals surface area contributed by atoms with Crippen LogP contribution in [0.5, 0.6) is 0 Å². The zero-order chi connectivity index (χ0) is 13.4. The summed E-state index contributed by atoms with van der Waals surface area (Å²) < 4.78 is 18.4. The number of nitrogens with one attached hydrogen (secondary N) is 1. The summed E-state index contributed by atoms with van der Waals surface area (Å²) in [7, 11) is 0. The molecule has 0 radical (unpaired) electrons. The van der Waals surface area contributed by atoms with Crippen molar-refractivity contribution in [1.82, 2.24) is 5.32 Å². The first kappa shape index (κ1) is 15.4. The fourth-order valence-corrected chi connectivity index (χ4v) is 1.62. The second kappa shape index (κ2) is 8.45. The Labute approximate surface area is 119 Å². The number of ether oxygens (including phenoxy) is 1. The molecule has 1 rings (SSSR count). The lowest BCUT2D eigenvalue weighted by Crippen LogP contribution is -2.25. The second-order valence-corrected chi connectivity index (χ2v) is 4.74. The van der Waals surface area contributed by atoms with Crippen molar-refractivity contribution < 1.29 is 13.9 Å². The predicted octanol–water partition coefficient (Wildman–Crippen LogP) is 3.01. The van der Waals surface area contributed by atoms with Gasteiger partial charge in [-0.1, -0.05) is 27.5 Å². The van der Waals surface area contributed by atoms with Crippen molar-refractivity contribution >= 4 is 33.4 Å². The van der Waals surface area contributed by atoms with Crippen LogP contribution < -0.4 is 5.32 Å². The summed E-state index contributed by atoms with van der Waals surface area (Å²) in [6.07, 6.45) is 0.717. The molecule has 0 aromatic heterocycles. The fourth-order valence-electron chi connectivity index (χ4n) is 1.27. The zero-order valence-electron chi connectivity index (χ0n) is 9.72. The Morgan fingerprint density at radius 1 is 1.44 bits per heavy atom. The Kier molecular flexibility index (Phi) is 7.23. The summed E-state index contributed by atoms with van der Waals surface area (Å²) >= 11 is 8.78. The van der Waals surface area contributed by atoms with Crippen LogP contribution in [0.4, 0.5) is 4.39 Å². The maximum atomic E-state index is 13.1. The zero-order valence-corrected chi connectivity index (χ0v) is 12.1. The van der Waals surface area contributed by atoms with Crippen molar-refractivity contribution in [2.75, 3.05) is 25.1 Å². The SMILES string of the molecule is O=C(NCCCOCCBr)c1ccc(Cl)c(F)c1. The molecule has 0 aliphatic carbocycles. The van der Waals surface area contributed by atoms with Crippen LogP contribution in [-0.2, 0) is 4.74 Å². The van der Waals surface area contributed by atoms with E-state index in [0.29, 0.717) is 19.8 Å². The van der Waals surface area contributed by atoms with Crippen LogP contribution in [0.1, 0.15) is 16.8 Å². The number of benzene rings is 1. The van der Waals surface area contributed by atoms with Gasteiger partial charge in [0.1, 0.15) is 5.82 Å². The van der Waals surface area contributed by atoms with E-state index in [9.17, 15) is 9.18 Å². The summed E-state index contributed by atoms with van der Waals surface area (Å²) in [6.45, 7) is 1.72. The van der Waals surface area contributed by atoms with Crippen molar-refractivity contribution in [2.24, 2.45) is 0 Å². The highest BCUT2D eigenvalue weighted by molar-refractivity contribution is 9.09. The van der Waals surface area contributed by atoms with Crippen LogP contribution in [0.2, 0.25) is 5.02 Å². The molecule has 0 atom stereocenters. The van der Waals surface area contributed by atoms with Gasteiger partial charge in [-0.3, -0.25) is 4.79 Å². The van der Waals surface area contributed by atoms with E-state index in [1.165, 1.54) is 12.1 Å². The molecule has 0 heterocycles. The molecule has 0 saturated heterocycles. The molecule has 1 N–H and O–H groups in total. The standard InChI is InChI=1S/C12H14BrClFNO2/c13-4-7-18-6-1-5-16-12(17)9-2-3-10(14)11(15)8-9/h2-3,8H,1,4-7H2,(H,16,17). The summed E-state index contributed by atoms with van der Waals surface area (Å²) in [5, 5.41) is 3.49. The molecule has 0 bridgehead atoms. The Balaban J connectivity index is 2.30. The van der Waals surface area contributed by atoms with Crippen LogP contribution in [0, 0.1) is 5.82 Å². The average molecular weight is 339 g/mol. The van der Waals surface area contributed by atoms with Crippen molar-refractivity contribution in [3.05, 3.63) is 34.6 Å². The lowest BCUT2D eigenvalue weighted by atomic mass is 10.2. The summed E-state index contributed by atoms with van der Waals surface area (Å²) in [6, 6.07) is 3.98. The van der Waals surface area contributed by atoms with E-state index in [4.69, 9.17) is 16.3 Å². The Morgan fingerprint density at radius 3 is 2.89 bits per heavy atom. The monoisotopic (exact) mass is 337 g/mol. The minimum atomic E-state index is -0.593. The first-order valence-electron chi connectivity index (χ1n) is 5.52. The van der Waals surface area contributed by atoms with Crippen molar-refractivity contribution in [3.8, 4) is 0 Å². The number of alkyl halides is 1. The minimum absolute atomic E-state index is 0.00900. The van der Waals surface area contributed by atoms with Crippen LogP contribution >= 0.6 is 27.5 Å². The van der Waals surface area contributed by atoms with Crippen LogP contribution in [0.3, 0.4) is 0 Å². The molecule has 6 heteroatoms. The van der Waals surface area contributed by atoms with Gasteiger partial charge in [-0.15, -0.1) is 0 Å². The molecule has 1 aromatic carbocycles.